The molecule has 42 heavy (non-hydrogen) atoms. The summed E-state index contributed by atoms with van der Waals surface area (Å²) in [5, 5.41) is 2.45. The second-order valence-electron chi connectivity index (χ2n) is 13.3. The van der Waals surface area contributed by atoms with Crippen molar-refractivity contribution in [3.05, 3.63) is 109 Å². The van der Waals surface area contributed by atoms with Crippen LogP contribution in [0, 0.1) is 0 Å². The molecule has 0 spiro atoms. The number of aromatic amines is 1. The molecular weight excluding hydrogens is 512 g/mol. The molecule has 0 aliphatic heterocycles. The molecule has 0 saturated carbocycles. The molecule has 0 amide bonds. The van der Waals surface area contributed by atoms with Crippen molar-refractivity contribution in [3.63, 3.8) is 0 Å². The number of fused-ring (bicyclic) bond motifs is 4. The molecule has 0 unspecified atom stereocenters. The van der Waals surface area contributed by atoms with E-state index in [4.69, 9.17) is 9.97 Å². The average molecular weight is 549 g/mol. The quantitative estimate of drug-likeness (QED) is 0.239. The molecule has 0 saturated heterocycles. The molecule has 208 valence electrons. The zero-order valence-corrected chi connectivity index (χ0v) is 25.2. The largest absolute Gasteiger partial charge is 0.354 e. The van der Waals surface area contributed by atoms with E-state index in [0.717, 1.165) is 55.8 Å². The van der Waals surface area contributed by atoms with Crippen molar-refractivity contribution >= 4 is 32.8 Å². The summed E-state index contributed by atoms with van der Waals surface area (Å²) < 4.78 is 2.39. The minimum atomic E-state index is -0.184. The minimum absolute atomic E-state index is 0.0604. The van der Waals surface area contributed by atoms with Crippen LogP contribution >= 0.6 is 0 Å². The van der Waals surface area contributed by atoms with Gasteiger partial charge >= 0.3 is 0 Å². The molecule has 4 heteroatoms. The third kappa shape index (κ3) is 4.30. The first-order valence-corrected chi connectivity index (χ1v) is 14.7. The lowest BCUT2D eigenvalue weighted by Crippen LogP contribution is -2.22. The van der Waals surface area contributed by atoms with E-state index < -0.39 is 0 Å². The standard InChI is InChI=1S/C38H36N4/c1-37(2,3)26-20-21-39-32(23-26)25-13-9-12-24(22-25)27-15-11-19-33-35(27)41-36(42(33)38(4,5)6)30-17-10-16-29-28-14-7-8-18-31(28)40-34(29)30/h7-23,40H,1-6H3. The molecule has 0 fully saturated rings. The van der Waals surface area contributed by atoms with Crippen LogP contribution in [-0.4, -0.2) is 19.5 Å². The number of nitrogens with zero attached hydrogens (tertiary/aromatic N) is 3. The predicted molar refractivity (Wildman–Crippen MR) is 177 cm³/mol. The van der Waals surface area contributed by atoms with E-state index >= 15 is 0 Å². The Hall–Kier alpha value is -4.70. The first-order valence-electron chi connectivity index (χ1n) is 14.7. The normalized spacial score (nSPS) is 12.5. The Balaban J connectivity index is 1.44. The van der Waals surface area contributed by atoms with Gasteiger partial charge in [-0.2, -0.15) is 0 Å². The fourth-order valence-electron chi connectivity index (χ4n) is 6.15. The van der Waals surface area contributed by atoms with E-state index in [0.29, 0.717) is 0 Å². The highest BCUT2D eigenvalue weighted by Gasteiger charge is 2.25. The zero-order valence-electron chi connectivity index (χ0n) is 25.2. The fourth-order valence-corrected chi connectivity index (χ4v) is 6.15. The zero-order chi connectivity index (χ0) is 29.2. The summed E-state index contributed by atoms with van der Waals surface area (Å²) in [5.74, 6) is 0.970. The van der Waals surface area contributed by atoms with E-state index in [-0.39, 0.29) is 11.0 Å². The van der Waals surface area contributed by atoms with Crippen LogP contribution in [0.15, 0.2) is 103 Å². The third-order valence-corrected chi connectivity index (χ3v) is 8.23. The van der Waals surface area contributed by atoms with Crippen LogP contribution in [0.5, 0.6) is 0 Å². The fraction of sp³-hybridized carbons (Fsp3) is 0.211. The number of rotatable bonds is 3. The number of imidazole rings is 1. The summed E-state index contributed by atoms with van der Waals surface area (Å²) in [6, 6.07) is 34.6. The Morgan fingerprint density at radius 1 is 0.667 bits per heavy atom. The van der Waals surface area contributed by atoms with E-state index in [9.17, 15) is 0 Å². The minimum Gasteiger partial charge on any atom is -0.354 e. The average Bonchev–Trinajstić information content (AvgIpc) is 3.56. The Morgan fingerprint density at radius 2 is 1.38 bits per heavy atom. The molecule has 0 bridgehead atoms. The first kappa shape index (κ1) is 26.2. The Morgan fingerprint density at radius 3 is 2.19 bits per heavy atom. The van der Waals surface area contributed by atoms with Crippen LogP contribution in [0.2, 0.25) is 0 Å². The molecule has 1 N–H and O–H groups in total. The number of para-hydroxylation sites is 3. The number of hydrogen-bond acceptors (Lipinski definition) is 2. The Kier molecular flexibility index (Phi) is 5.88. The Bertz CT molecular complexity index is 2110. The van der Waals surface area contributed by atoms with Crippen LogP contribution in [0.3, 0.4) is 0 Å². The number of nitrogens with one attached hydrogen (secondary N) is 1. The lowest BCUT2D eigenvalue weighted by atomic mass is 9.87. The third-order valence-electron chi connectivity index (χ3n) is 8.23. The van der Waals surface area contributed by atoms with Gasteiger partial charge in [0.05, 0.1) is 22.2 Å². The summed E-state index contributed by atoms with van der Waals surface area (Å²) in [5.41, 5.74) is 11.0. The highest BCUT2D eigenvalue weighted by molar-refractivity contribution is 6.12. The predicted octanol–water partition coefficient (Wildman–Crippen LogP) is 10.1. The topological polar surface area (TPSA) is 46.5 Å². The highest BCUT2D eigenvalue weighted by atomic mass is 15.1. The summed E-state index contributed by atoms with van der Waals surface area (Å²) in [6.45, 7) is 13.5. The van der Waals surface area contributed by atoms with Gasteiger partial charge < -0.3 is 9.55 Å². The summed E-state index contributed by atoms with van der Waals surface area (Å²) in [4.78, 5) is 13.9. The molecule has 4 aromatic carbocycles. The number of pyridine rings is 1. The molecular formula is C38H36N4. The number of benzene rings is 4. The van der Waals surface area contributed by atoms with E-state index in [1.165, 1.54) is 16.3 Å². The van der Waals surface area contributed by atoms with E-state index in [1.807, 2.05) is 6.20 Å². The Labute approximate surface area is 247 Å². The second kappa shape index (κ2) is 9.42. The maximum Gasteiger partial charge on any atom is 0.143 e. The molecule has 7 aromatic rings. The second-order valence-corrected chi connectivity index (χ2v) is 13.3. The van der Waals surface area contributed by atoms with E-state index in [1.54, 1.807) is 0 Å². The van der Waals surface area contributed by atoms with Crippen molar-refractivity contribution in [1.29, 1.82) is 0 Å². The van der Waals surface area contributed by atoms with Crippen molar-refractivity contribution in [3.8, 4) is 33.8 Å². The molecule has 3 aromatic heterocycles. The van der Waals surface area contributed by atoms with Crippen molar-refractivity contribution < 1.29 is 0 Å². The first-order chi connectivity index (χ1) is 20.1. The van der Waals surface area contributed by atoms with Gasteiger partial charge in [0.15, 0.2) is 0 Å². The van der Waals surface area contributed by atoms with Gasteiger partial charge in [-0.1, -0.05) is 81.4 Å². The molecule has 3 heterocycles. The van der Waals surface area contributed by atoms with Crippen molar-refractivity contribution in [2.75, 3.05) is 0 Å². The van der Waals surface area contributed by atoms with Gasteiger partial charge in [0.2, 0.25) is 0 Å². The SMILES string of the molecule is CC(C)(C)c1ccnc(-c2cccc(-c3cccc4c3nc(-c3cccc5c3[nH]c3ccccc35)n4C(C)(C)C)c2)c1. The smallest absolute Gasteiger partial charge is 0.143 e. The maximum atomic E-state index is 5.42. The molecule has 7 rings (SSSR count). The van der Waals surface area contributed by atoms with Gasteiger partial charge in [-0.05, 0) is 73.7 Å². The molecule has 0 atom stereocenters. The number of hydrogen-bond donors (Lipinski definition) is 1. The molecule has 0 aliphatic carbocycles. The number of H-pyrrole nitrogens is 1. The van der Waals surface area contributed by atoms with Crippen LogP contribution in [0.1, 0.15) is 47.1 Å². The lowest BCUT2D eigenvalue weighted by Gasteiger charge is -2.25. The van der Waals surface area contributed by atoms with E-state index in [2.05, 4.69) is 148 Å². The summed E-state index contributed by atoms with van der Waals surface area (Å²) >= 11 is 0. The van der Waals surface area contributed by atoms with Crippen LogP contribution in [0.25, 0.3) is 66.6 Å². The van der Waals surface area contributed by atoms with Crippen molar-refractivity contribution in [2.45, 2.75) is 52.5 Å². The maximum absolute atomic E-state index is 5.42. The van der Waals surface area contributed by atoms with Crippen LogP contribution in [0.4, 0.5) is 0 Å². The summed E-state index contributed by atoms with van der Waals surface area (Å²) in [6.07, 6.45) is 1.92. The monoisotopic (exact) mass is 548 g/mol. The molecule has 0 radical (unpaired) electrons. The van der Waals surface area contributed by atoms with Gasteiger partial charge in [-0.3, -0.25) is 4.98 Å². The van der Waals surface area contributed by atoms with Gasteiger partial charge in [-0.25, -0.2) is 4.98 Å². The van der Waals surface area contributed by atoms with Crippen LogP contribution < -0.4 is 0 Å². The highest BCUT2D eigenvalue weighted by Crippen LogP contribution is 2.40. The van der Waals surface area contributed by atoms with Crippen molar-refractivity contribution in [2.24, 2.45) is 0 Å². The summed E-state index contributed by atoms with van der Waals surface area (Å²) in [7, 11) is 0. The van der Waals surface area contributed by atoms with Gasteiger partial charge in [0.25, 0.3) is 0 Å². The van der Waals surface area contributed by atoms with Crippen LogP contribution in [-0.2, 0) is 11.0 Å². The van der Waals surface area contributed by atoms with Crippen molar-refractivity contribution in [1.82, 2.24) is 19.5 Å². The molecule has 4 nitrogen and oxygen atoms in total. The van der Waals surface area contributed by atoms with Gasteiger partial charge in [0, 0.05) is 44.7 Å². The number of aromatic nitrogens is 4. The van der Waals surface area contributed by atoms with Gasteiger partial charge in [0.1, 0.15) is 5.82 Å². The van der Waals surface area contributed by atoms with Gasteiger partial charge in [-0.15, -0.1) is 0 Å². The molecule has 0 aliphatic rings. The lowest BCUT2D eigenvalue weighted by molar-refractivity contribution is 0.413.